The summed E-state index contributed by atoms with van der Waals surface area (Å²) in [5.74, 6) is -0.000340. The maximum absolute atomic E-state index is 14.0. The molecule has 1 unspecified atom stereocenters. The molecule has 0 radical (unpaired) electrons. The number of thiazole rings is 1. The molecule has 1 aliphatic heterocycles. The Hall–Kier alpha value is -4.76. The van der Waals surface area contributed by atoms with E-state index in [4.69, 9.17) is 9.47 Å². The van der Waals surface area contributed by atoms with Crippen LogP contribution in [-0.2, 0) is 14.3 Å². The van der Waals surface area contributed by atoms with E-state index in [9.17, 15) is 14.4 Å². The van der Waals surface area contributed by atoms with E-state index in [-0.39, 0.29) is 24.7 Å². The molecule has 9 heteroatoms. The van der Waals surface area contributed by atoms with Crippen molar-refractivity contribution in [3.05, 3.63) is 127 Å². The zero-order valence-corrected chi connectivity index (χ0v) is 25.3. The van der Waals surface area contributed by atoms with Crippen molar-refractivity contribution >= 4 is 35.0 Å². The average molecular weight is 596 g/mol. The number of para-hydroxylation sites is 2. The molecule has 5 rings (SSSR count). The van der Waals surface area contributed by atoms with E-state index in [2.05, 4.69) is 24.2 Å². The molecule has 0 saturated carbocycles. The number of nitrogens with zero attached hydrogens (tertiary/aromatic N) is 2. The number of carbonyl (C=O) groups excluding carboxylic acids is 2. The van der Waals surface area contributed by atoms with Gasteiger partial charge in [-0.2, -0.15) is 0 Å². The van der Waals surface area contributed by atoms with Gasteiger partial charge >= 0.3 is 5.97 Å². The third-order valence-electron chi connectivity index (χ3n) is 7.06. The lowest BCUT2D eigenvalue weighted by molar-refractivity contribution is -0.139. The summed E-state index contributed by atoms with van der Waals surface area (Å²) in [6.45, 7) is 7.75. The molecule has 1 aromatic heterocycles. The fourth-order valence-electron chi connectivity index (χ4n) is 4.90. The highest BCUT2D eigenvalue weighted by Gasteiger charge is 2.33. The number of esters is 1. The zero-order chi connectivity index (χ0) is 30.5. The smallest absolute Gasteiger partial charge is 0.338 e. The predicted octanol–water partition coefficient (Wildman–Crippen LogP) is 4.94. The number of aromatic nitrogens is 1. The normalized spacial score (nSPS) is 14.7. The minimum absolute atomic E-state index is 0.199. The van der Waals surface area contributed by atoms with E-state index in [1.165, 1.54) is 11.3 Å². The maximum Gasteiger partial charge on any atom is 0.338 e. The van der Waals surface area contributed by atoms with Crippen LogP contribution in [0.1, 0.15) is 56.3 Å². The Morgan fingerprint density at radius 2 is 1.72 bits per heavy atom. The first-order valence-corrected chi connectivity index (χ1v) is 14.9. The summed E-state index contributed by atoms with van der Waals surface area (Å²) in [7, 11) is 0. The van der Waals surface area contributed by atoms with Crippen molar-refractivity contribution in [1.29, 1.82) is 0 Å². The highest BCUT2D eigenvalue weighted by molar-refractivity contribution is 7.07. The van der Waals surface area contributed by atoms with E-state index in [1.807, 2.05) is 54.6 Å². The topological polar surface area (TPSA) is 99.0 Å². The molecule has 8 nitrogen and oxygen atoms in total. The van der Waals surface area contributed by atoms with Crippen LogP contribution in [0.15, 0.2) is 99.9 Å². The van der Waals surface area contributed by atoms with Crippen molar-refractivity contribution in [2.75, 3.05) is 18.5 Å². The molecule has 220 valence electrons. The van der Waals surface area contributed by atoms with E-state index >= 15 is 0 Å². The number of amides is 1. The van der Waals surface area contributed by atoms with E-state index in [1.54, 1.807) is 48.8 Å². The molecule has 0 aliphatic carbocycles. The summed E-state index contributed by atoms with van der Waals surface area (Å²) in [5, 5.41) is 2.80. The summed E-state index contributed by atoms with van der Waals surface area (Å²) < 4.78 is 13.2. The van der Waals surface area contributed by atoms with Crippen LogP contribution in [0.2, 0.25) is 0 Å². The second-order valence-corrected chi connectivity index (χ2v) is 11.4. The second kappa shape index (κ2) is 13.0. The van der Waals surface area contributed by atoms with Crippen LogP contribution in [0.25, 0.3) is 6.08 Å². The number of allylic oxidation sites excluding steroid dienone is 1. The van der Waals surface area contributed by atoms with Crippen LogP contribution >= 0.6 is 11.3 Å². The van der Waals surface area contributed by atoms with Crippen molar-refractivity contribution in [1.82, 2.24) is 4.57 Å². The Kier molecular flexibility index (Phi) is 9.01. The van der Waals surface area contributed by atoms with Gasteiger partial charge in [-0.25, -0.2) is 9.79 Å². The van der Waals surface area contributed by atoms with Gasteiger partial charge in [0.1, 0.15) is 5.75 Å². The SMILES string of the molecule is CCOC(=O)C1=C(C)N=c2sc(=Cc3ccccc3OCC(=O)Nc3ccccc3)c(=O)n2C1c1ccc(C(C)C)cc1. The molecule has 1 N–H and O–H groups in total. The zero-order valence-electron chi connectivity index (χ0n) is 24.5. The lowest BCUT2D eigenvalue weighted by atomic mass is 9.93. The summed E-state index contributed by atoms with van der Waals surface area (Å²) in [4.78, 5) is 44.8. The van der Waals surface area contributed by atoms with Crippen molar-refractivity contribution < 1.29 is 19.1 Å². The molecule has 0 bridgehead atoms. The molecule has 3 aromatic carbocycles. The lowest BCUT2D eigenvalue weighted by Gasteiger charge is -2.25. The Labute approximate surface area is 253 Å². The van der Waals surface area contributed by atoms with Gasteiger partial charge in [-0.15, -0.1) is 0 Å². The number of benzene rings is 3. The van der Waals surface area contributed by atoms with Crippen LogP contribution in [0, 0.1) is 0 Å². The molecule has 43 heavy (non-hydrogen) atoms. The average Bonchev–Trinajstić information content (AvgIpc) is 3.30. The van der Waals surface area contributed by atoms with Crippen LogP contribution in [-0.4, -0.2) is 29.7 Å². The molecular formula is C34H33N3O5S. The van der Waals surface area contributed by atoms with Crippen molar-refractivity contribution in [2.24, 2.45) is 4.99 Å². The van der Waals surface area contributed by atoms with Crippen molar-refractivity contribution in [3.8, 4) is 5.75 Å². The first kappa shape index (κ1) is 29.7. The highest BCUT2D eigenvalue weighted by atomic mass is 32.1. The number of ether oxygens (including phenoxy) is 2. The van der Waals surface area contributed by atoms with Crippen LogP contribution in [0.5, 0.6) is 5.75 Å². The van der Waals surface area contributed by atoms with Crippen LogP contribution in [0.3, 0.4) is 0 Å². The van der Waals surface area contributed by atoms with E-state index in [0.29, 0.717) is 43.5 Å². The largest absolute Gasteiger partial charge is 0.483 e. The van der Waals surface area contributed by atoms with Crippen molar-refractivity contribution in [2.45, 2.75) is 39.7 Å². The lowest BCUT2D eigenvalue weighted by Crippen LogP contribution is -2.40. The molecule has 0 saturated heterocycles. The summed E-state index contributed by atoms with van der Waals surface area (Å²) in [6.07, 6.45) is 1.73. The number of hydrogen-bond acceptors (Lipinski definition) is 7. The van der Waals surface area contributed by atoms with Gasteiger partial charge in [0.05, 0.1) is 28.5 Å². The Balaban J connectivity index is 1.52. The van der Waals surface area contributed by atoms with Gasteiger partial charge in [0.15, 0.2) is 11.4 Å². The quantitative estimate of drug-likeness (QED) is 0.277. The second-order valence-electron chi connectivity index (χ2n) is 10.4. The van der Waals surface area contributed by atoms with Crippen LogP contribution in [0.4, 0.5) is 5.69 Å². The number of carbonyl (C=O) groups is 2. The molecule has 2 heterocycles. The minimum atomic E-state index is -0.688. The van der Waals surface area contributed by atoms with Gasteiger partial charge in [0.25, 0.3) is 11.5 Å². The fraction of sp³-hybridized carbons (Fsp3) is 0.235. The standard InChI is InChI=1S/C34H33N3O5S/c1-5-41-33(40)30-22(4)35-34-37(31(30)24-17-15-23(16-18-24)21(2)3)32(39)28(43-34)19-25-11-9-10-14-27(25)42-20-29(38)36-26-12-7-6-8-13-26/h6-19,21,31H,5,20H2,1-4H3,(H,36,38). The molecule has 4 aromatic rings. The van der Waals surface area contributed by atoms with E-state index in [0.717, 1.165) is 11.1 Å². The summed E-state index contributed by atoms with van der Waals surface area (Å²) in [5.41, 5.74) is 3.83. The summed E-state index contributed by atoms with van der Waals surface area (Å²) >= 11 is 1.24. The third-order valence-corrected chi connectivity index (χ3v) is 8.04. The fourth-order valence-corrected chi connectivity index (χ4v) is 5.94. The van der Waals surface area contributed by atoms with Gasteiger partial charge in [0, 0.05) is 11.3 Å². The number of fused-ring (bicyclic) bond motifs is 1. The molecule has 0 fully saturated rings. The van der Waals surface area contributed by atoms with Gasteiger partial charge in [-0.3, -0.25) is 14.2 Å². The first-order chi connectivity index (χ1) is 20.8. The monoisotopic (exact) mass is 595 g/mol. The van der Waals surface area contributed by atoms with Gasteiger partial charge in [-0.1, -0.05) is 85.8 Å². The molecule has 1 amide bonds. The number of anilines is 1. The number of hydrogen-bond donors (Lipinski definition) is 1. The predicted molar refractivity (Wildman–Crippen MR) is 168 cm³/mol. The van der Waals surface area contributed by atoms with Gasteiger partial charge < -0.3 is 14.8 Å². The molecule has 1 aliphatic rings. The Morgan fingerprint density at radius 1 is 1.02 bits per heavy atom. The Bertz CT molecular complexity index is 1850. The van der Waals surface area contributed by atoms with E-state index < -0.39 is 12.0 Å². The van der Waals surface area contributed by atoms with Crippen molar-refractivity contribution in [3.63, 3.8) is 0 Å². The van der Waals surface area contributed by atoms with Gasteiger partial charge in [0.2, 0.25) is 0 Å². The minimum Gasteiger partial charge on any atom is -0.483 e. The number of rotatable bonds is 9. The molecule has 1 atom stereocenters. The first-order valence-electron chi connectivity index (χ1n) is 14.1. The Morgan fingerprint density at radius 3 is 2.42 bits per heavy atom. The summed E-state index contributed by atoms with van der Waals surface area (Å²) in [6, 6.07) is 23.6. The third kappa shape index (κ3) is 6.52. The van der Waals surface area contributed by atoms with Crippen LogP contribution < -0.4 is 24.9 Å². The van der Waals surface area contributed by atoms with Gasteiger partial charge in [-0.05, 0) is 55.2 Å². The maximum atomic E-state index is 14.0. The number of nitrogens with one attached hydrogen (secondary N) is 1. The highest BCUT2D eigenvalue weighted by Crippen LogP contribution is 2.31. The molecule has 0 spiro atoms. The molecular weight excluding hydrogens is 562 g/mol.